The molecule has 2 aromatic rings. The Hall–Kier alpha value is -2.57. The number of primary amides is 1. The first-order chi connectivity index (χ1) is 11.1. The molecule has 0 spiro atoms. The van der Waals surface area contributed by atoms with Crippen LogP contribution in [0.25, 0.3) is 0 Å². The number of likely N-dealkylation sites (tertiary alicyclic amines) is 1. The molecule has 1 unspecified atom stereocenters. The zero-order valence-electron chi connectivity index (χ0n) is 13.0. The van der Waals surface area contributed by atoms with Crippen molar-refractivity contribution in [2.45, 2.75) is 32.1 Å². The van der Waals surface area contributed by atoms with Crippen LogP contribution < -0.4 is 5.73 Å². The quantitative estimate of drug-likeness (QED) is 0.895. The van der Waals surface area contributed by atoms with E-state index in [0.717, 1.165) is 30.7 Å². The van der Waals surface area contributed by atoms with Gasteiger partial charge in [0.2, 0.25) is 0 Å². The van der Waals surface area contributed by atoms with Crippen LogP contribution in [-0.4, -0.2) is 40.0 Å². The van der Waals surface area contributed by atoms with E-state index in [9.17, 15) is 9.59 Å². The molecule has 3 rings (SSSR count). The lowest BCUT2D eigenvalue weighted by Gasteiger charge is -2.31. The Bertz CT molecular complexity index is 718. The second-order valence-corrected chi connectivity index (χ2v) is 5.78. The lowest BCUT2D eigenvalue weighted by molar-refractivity contribution is 0.0671. The van der Waals surface area contributed by atoms with Crippen molar-refractivity contribution in [1.29, 1.82) is 0 Å². The molecule has 1 aliphatic heterocycles. The molecule has 3 N–H and O–H groups in total. The summed E-state index contributed by atoms with van der Waals surface area (Å²) in [5.74, 6) is 0.656. The smallest absolute Gasteiger partial charge is 0.289 e. The van der Waals surface area contributed by atoms with Crippen molar-refractivity contribution in [1.82, 2.24) is 15.1 Å². The van der Waals surface area contributed by atoms with Crippen LogP contribution in [0.2, 0.25) is 0 Å². The molecule has 1 atom stereocenters. The van der Waals surface area contributed by atoms with E-state index in [0.29, 0.717) is 18.8 Å². The average molecular weight is 316 g/mol. The highest BCUT2D eigenvalue weighted by Crippen LogP contribution is 2.27. The minimum absolute atomic E-state index is 0.0935. The molecule has 0 saturated carbocycles. The van der Waals surface area contributed by atoms with Crippen LogP contribution in [0.1, 0.15) is 58.2 Å². The van der Waals surface area contributed by atoms with Crippen molar-refractivity contribution in [3.63, 3.8) is 0 Å². The number of piperidine rings is 1. The minimum atomic E-state index is -0.557. The Morgan fingerprint density at radius 1 is 1.48 bits per heavy atom. The number of nitrogens with zero attached hydrogens (tertiary/aromatic N) is 2. The number of rotatable bonds is 4. The number of aromatic nitrogens is 2. The van der Waals surface area contributed by atoms with Gasteiger partial charge in [-0.2, -0.15) is 5.10 Å². The highest BCUT2D eigenvalue weighted by atomic mass is 16.4. The summed E-state index contributed by atoms with van der Waals surface area (Å²) in [5, 5.41) is 6.77. The topological polar surface area (TPSA) is 105 Å². The number of carbonyl (C=O) groups is 2. The van der Waals surface area contributed by atoms with Gasteiger partial charge in [0.05, 0.1) is 0 Å². The van der Waals surface area contributed by atoms with E-state index in [-0.39, 0.29) is 17.5 Å². The number of aromatic amines is 1. The van der Waals surface area contributed by atoms with Crippen molar-refractivity contribution in [3.8, 4) is 0 Å². The number of hydrogen-bond donors (Lipinski definition) is 2. The predicted molar refractivity (Wildman–Crippen MR) is 83.1 cm³/mol. The van der Waals surface area contributed by atoms with E-state index < -0.39 is 5.91 Å². The standard InChI is InChI=1S/C16H20N4O3/c1-2-11-5-6-14(23-11)16(22)20-7-3-4-10(9-20)12-8-13(15(17)21)19-18-12/h5-6,8,10H,2-4,7,9H2,1H3,(H2,17,21)(H,18,19). The normalized spacial score (nSPS) is 18.1. The van der Waals surface area contributed by atoms with E-state index in [1.54, 1.807) is 17.0 Å². The first-order valence-electron chi connectivity index (χ1n) is 7.81. The molecule has 1 fully saturated rings. The predicted octanol–water partition coefficient (Wildman–Crippen LogP) is 1.68. The molecule has 1 saturated heterocycles. The number of amides is 2. The van der Waals surface area contributed by atoms with Gasteiger partial charge >= 0.3 is 0 Å². The lowest BCUT2D eigenvalue weighted by atomic mass is 9.94. The summed E-state index contributed by atoms with van der Waals surface area (Å²) >= 11 is 0. The maximum atomic E-state index is 12.6. The SMILES string of the molecule is CCc1ccc(C(=O)N2CCCC(c3cc(C(N)=O)n[nH]3)C2)o1. The summed E-state index contributed by atoms with van der Waals surface area (Å²) in [6, 6.07) is 5.23. The Morgan fingerprint density at radius 2 is 2.30 bits per heavy atom. The Morgan fingerprint density at radius 3 is 2.96 bits per heavy atom. The Kier molecular flexibility index (Phi) is 4.18. The monoisotopic (exact) mass is 316 g/mol. The Balaban J connectivity index is 1.72. The number of furan rings is 1. The summed E-state index contributed by atoms with van der Waals surface area (Å²) in [6.07, 6.45) is 2.59. The molecule has 23 heavy (non-hydrogen) atoms. The van der Waals surface area contributed by atoms with E-state index in [1.807, 2.05) is 13.0 Å². The molecule has 0 aliphatic carbocycles. The fraction of sp³-hybridized carbons (Fsp3) is 0.438. The third kappa shape index (κ3) is 3.13. The molecular formula is C16H20N4O3. The number of hydrogen-bond acceptors (Lipinski definition) is 4. The molecule has 2 aromatic heterocycles. The Labute approximate surface area is 133 Å². The largest absolute Gasteiger partial charge is 0.456 e. The van der Waals surface area contributed by atoms with Gasteiger partial charge in [0.15, 0.2) is 5.76 Å². The molecule has 2 amide bonds. The summed E-state index contributed by atoms with van der Waals surface area (Å²) in [6.45, 7) is 3.26. The minimum Gasteiger partial charge on any atom is -0.456 e. The fourth-order valence-corrected chi connectivity index (χ4v) is 2.93. The molecule has 0 radical (unpaired) electrons. The summed E-state index contributed by atoms with van der Waals surface area (Å²) in [4.78, 5) is 25.5. The fourth-order valence-electron chi connectivity index (χ4n) is 2.93. The van der Waals surface area contributed by atoms with Crippen LogP contribution in [0.3, 0.4) is 0 Å². The number of nitrogens with one attached hydrogen (secondary N) is 1. The van der Waals surface area contributed by atoms with Gasteiger partial charge in [-0.15, -0.1) is 0 Å². The molecule has 0 aromatic carbocycles. The van der Waals surface area contributed by atoms with Crippen molar-refractivity contribution in [3.05, 3.63) is 41.1 Å². The van der Waals surface area contributed by atoms with Gasteiger partial charge in [-0.1, -0.05) is 6.92 Å². The molecular weight excluding hydrogens is 296 g/mol. The maximum absolute atomic E-state index is 12.6. The number of nitrogens with two attached hydrogens (primary N) is 1. The molecule has 122 valence electrons. The molecule has 7 nitrogen and oxygen atoms in total. The zero-order chi connectivity index (χ0) is 16.4. The third-order valence-electron chi connectivity index (χ3n) is 4.22. The first kappa shape index (κ1) is 15.3. The van der Waals surface area contributed by atoms with E-state index >= 15 is 0 Å². The highest BCUT2D eigenvalue weighted by molar-refractivity contribution is 5.92. The second-order valence-electron chi connectivity index (χ2n) is 5.78. The molecule has 0 bridgehead atoms. The maximum Gasteiger partial charge on any atom is 0.289 e. The van der Waals surface area contributed by atoms with Crippen molar-refractivity contribution < 1.29 is 14.0 Å². The summed E-state index contributed by atoms with van der Waals surface area (Å²) in [5.41, 5.74) is 6.29. The molecule has 7 heteroatoms. The van der Waals surface area contributed by atoms with Crippen LogP contribution in [0, 0.1) is 0 Å². The van der Waals surface area contributed by atoms with Crippen LogP contribution in [0.5, 0.6) is 0 Å². The van der Waals surface area contributed by atoms with Gasteiger partial charge in [-0.05, 0) is 31.0 Å². The van der Waals surface area contributed by atoms with E-state index in [4.69, 9.17) is 10.2 Å². The van der Waals surface area contributed by atoms with Crippen LogP contribution >= 0.6 is 0 Å². The lowest BCUT2D eigenvalue weighted by Crippen LogP contribution is -2.39. The number of aryl methyl sites for hydroxylation is 1. The van der Waals surface area contributed by atoms with Crippen LogP contribution in [0.4, 0.5) is 0 Å². The van der Waals surface area contributed by atoms with Gasteiger partial charge in [-0.3, -0.25) is 14.7 Å². The summed E-state index contributed by atoms with van der Waals surface area (Å²) < 4.78 is 5.55. The number of carbonyl (C=O) groups excluding carboxylic acids is 2. The van der Waals surface area contributed by atoms with Gasteiger partial charge in [0, 0.05) is 31.1 Å². The van der Waals surface area contributed by atoms with Gasteiger partial charge in [0.25, 0.3) is 11.8 Å². The first-order valence-corrected chi connectivity index (χ1v) is 7.81. The second kappa shape index (κ2) is 6.28. The average Bonchev–Trinajstić information content (AvgIpc) is 3.23. The highest BCUT2D eigenvalue weighted by Gasteiger charge is 2.28. The van der Waals surface area contributed by atoms with Gasteiger partial charge < -0.3 is 15.1 Å². The van der Waals surface area contributed by atoms with Crippen molar-refractivity contribution in [2.24, 2.45) is 5.73 Å². The molecule has 3 heterocycles. The van der Waals surface area contributed by atoms with Crippen molar-refractivity contribution in [2.75, 3.05) is 13.1 Å². The zero-order valence-corrected chi connectivity index (χ0v) is 13.0. The van der Waals surface area contributed by atoms with Gasteiger partial charge in [0.1, 0.15) is 11.5 Å². The van der Waals surface area contributed by atoms with Gasteiger partial charge in [-0.25, -0.2) is 0 Å². The third-order valence-corrected chi connectivity index (χ3v) is 4.22. The van der Waals surface area contributed by atoms with E-state index in [1.165, 1.54) is 0 Å². The van der Waals surface area contributed by atoms with E-state index in [2.05, 4.69) is 10.2 Å². The van der Waals surface area contributed by atoms with Crippen molar-refractivity contribution >= 4 is 11.8 Å². The molecule has 1 aliphatic rings. The van der Waals surface area contributed by atoms with Crippen LogP contribution in [-0.2, 0) is 6.42 Å². The number of H-pyrrole nitrogens is 1. The summed E-state index contributed by atoms with van der Waals surface area (Å²) in [7, 11) is 0. The van der Waals surface area contributed by atoms with Crippen LogP contribution in [0.15, 0.2) is 22.6 Å².